The van der Waals surface area contributed by atoms with Crippen molar-refractivity contribution in [3.05, 3.63) is 65.0 Å². The molecule has 1 amide bonds. The van der Waals surface area contributed by atoms with Gasteiger partial charge in [0.05, 0.1) is 0 Å². The second-order valence-electron chi connectivity index (χ2n) is 6.28. The van der Waals surface area contributed by atoms with Crippen molar-refractivity contribution in [1.29, 1.82) is 0 Å². The fourth-order valence-corrected chi connectivity index (χ4v) is 3.07. The molecule has 2 aromatic carbocycles. The van der Waals surface area contributed by atoms with E-state index in [1.165, 1.54) is 12.1 Å². The summed E-state index contributed by atoms with van der Waals surface area (Å²) in [6.07, 6.45) is 0. The number of carbonyl (C=O) groups is 2. The first-order valence-electron chi connectivity index (χ1n) is 7.78. The van der Waals surface area contributed by atoms with Crippen LogP contribution in [0, 0.1) is 11.7 Å². The molecule has 124 valence electrons. The topological polar surface area (TPSA) is 69.4 Å². The van der Waals surface area contributed by atoms with Gasteiger partial charge < -0.3 is 10.5 Å². The predicted molar refractivity (Wildman–Crippen MR) is 87.1 cm³/mol. The van der Waals surface area contributed by atoms with E-state index in [4.69, 9.17) is 10.5 Å². The molecule has 1 aliphatic rings. The normalized spacial score (nSPS) is 19.8. The summed E-state index contributed by atoms with van der Waals surface area (Å²) in [5, 5.41) is 0. The molecule has 2 aromatic rings. The molecular formula is C19H18FNO3. The van der Waals surface area contributed by atoms with Gasteiger partial charge in [0.1, 0.15) is 17.5 Å². The van der Waals surface area contributed by atoms with E-state index in [1.807, 2.05) is 12.1 Å². The molecule has 0 saturated heterocycles. The van der Waals surface area contributed by atoms with Crippen LogP contribution in [0.3, 0.4) is 0 Å². The lowest BCUT2D eigenvalue weighted by molar-refractivity contribution is -0.145. The third-order valence-electron chi connectivity index (χ3n) is 4.37. The van der Waals surface area contributed by atoms with Crippen molar-refractivity contribution in [1.82, 2.24) is 0 Å². The van der Waals surface area contributed by atoms with Crippen LogP contribution >= 0.6 is 0 Å². The smallest absolute Gasteiger partial charge is 0.324 e. The molecule has 1 aliphatic heterocycles. The van der Waals surface area contributed by atoms with E-state index in [2.05, 4.69) is 13.8 Å². The van der Waals surface area contributed by atoms with Gasteiger partial charge in [-0.25, -0.2) is 4.39 Å². The minimum atomic E-state index is -1.13. The molecule has 0 spiro atoms. The molecule has 2 N–H and O–H groups in total. The van der Waals surface area contributed by atoms with Crippen molar-refractivity contribution < 1.29 is 18.7 Å². The lowest BCUT2D eigenvalue weighted by Gasteiger charge is -2.31. The second kappa shape index (κ2) is 6.07. The Morgan fingerprint density at radius 2 is 1.83 bits per heavy atom. The van der Waals surface area contributed by atoms with Gasteiger partial charge in [-0.15, -0.1) is 0 Å². The molecular weight excluding hydrogens is 309 g/mol. The van der Waals surface area contributed by atoms with Crippen LogP contribution in [0.4, 0.5) is 4.39 Å². The number of hydrogen-bond acceptors (Lipinski definition) is 3. The maximum atomic E-state index is 13.3. The molecule has 0 fully saturated rings. The highest BCUT2D eigenvalue weighted by molar-refractivity contribution is 6.00. The van der Waals surface area contributed by atoms with Crippen LogP contribution in [-0.4, -0.2) is 11.9 Å². The Kier molecular flexibility index (Phi) is 4.09. The fourth-order valence-electron chi connectivity index (χ4n) is 3.07. The van der Waals surface area contributed by atoms with E-state index < -0.39 is 23.7 Å². The first-order chi connectivity index (χ1) is 11.4. The number of fused-ring (bicyclic) bond motifs is 1. The number of primary amides is 1. The Balaban J connectivity index is 2.20. The molecule has 2 atom stereocenters. The number of carbonyl (C=O) groups excluding carboxylic acids is 2. The van der Waals surface area contributed by atoms with E-state index in [1.54, 1.807) is 18.2 Å². The zero-order chi connectivity index (χ0) is 17.4. The zero-order valence-corrected chi connectivity index (χ0v) is 13.5. The highest BCUT2D eigenvalue weighted by Gasteiger charge is 2.42. The Labute approximate surface area is 139 Å². The number of nitrogens with two attached hydrogens (primary N) is 1. The Morgan fingerprint density at radius 1 is 1.17 bits per heavy atom. The summed E-state index contributed by atoms with van der Waals surface area (Å²) in [6, 6.07) is 11.3. The van der Waals surface area contributed by atoms with Crippen molar-refractivity contribution in [2.75, 3.05) is 0 Å². The highest BCUT2D eigenvalue weighted by atomic mass is 19.1. The van der Waals surface area contributed by atoms with E-state index in [9.17, 15) is 14.0 Å². The van der Waals surface area contributed by atoms with E-state index >= 15 is 0 Å². The largest absolute Gasteiger partial charge is 0.426 e. The Bertz CT molecular complexity index is 799. The highest BCUT2D eigenvalue weighted by Crippen LogP contribution is 2.43. The number of benzene rings is 2. The average molecular weight is 327 g/mol. The molecule has 3 rings (SSSR count). The lowest BCUT2D eigenvalue weighted by Crippen LogP contribution is -2.41. The second-order valence-corrected chi connectivity index (χ2v) is 6.28. The summed E-state index contributed by atoms with van der Waals surface area (Å²) in [5.41, 5.74) is 7.88. The number of hydrogen-bond donors (Lipinski definition) is 1. The van der Waals surface area contributed by atoms with Crippen molar-refractivity contribution in [3.63, 3.8) is 0 Å². The van der Waals surface area contributed by atoms with Gasteiger partial charge in [0.15, 0.2) is 0 Å². The summed E-state index contributed by atoms with van der Waals surface area (Å²) < 4.78 is 18.6. The number of halogens is 1. The van der Waals surface area contributed by atoms with Crippen LogP contribution in [0.1, 0.15) is 42.4 Å². The number of rotatable bonds is 3. The van der Waals surface area contributed by atoms with Crippen LogP contribution in [0.2, 0.25) is 0 Å². The molecule has 24 heavy (non-hydrogen) atoms. The van der Waals surface area contributed by atoms with Gasteiger partial charge in [0.2, 0.25) is 5.91 Å². The van der Waals surface area contributed by atoms with Gasteiger partial charge in [0.25, 0.3) is 0 Å². The first-order valence-corrected chi connectivity index (χ1v) is 7.78. The molecule has 1 heterocycles. The number of ether oxygens (including phenoxy) is 1. The van der Waals surface area contributed by atoms with Gasteiger partial charge in [-0.2, -0.15) is 0 Å². The maximum absolute atomic E-state index is 13.3. The summed E-state index contributed by atoms with van der Waals surface area (Å²) in [6.45, 7) is 4.10. The molecule has 2 unspecified atom stereocenters. The first kappa shape index (κ1) is 16.2. The van der Waals surface area contributed by atoms with Crippen molar-refractivity contribution in [3.8, 4) is 5.75 Å². The quantitative estimate of drug-likeness (QED) is 0.535. The average Bonchev–Trinajstić information content (AvgIpc) is 2.53. The van der Waals surface area contributed by atoms with Gasteiger partial charge >= 0.3 is 5.97 Å². The SMILES string of the molecule is CC(C)c1ccc2c(c1)C(c1ccc(F)cc1)C(C(N)=O)C(=O)O2. The summed E-state index contributed by atoms with van der Waals surface area (Å²) in [4.78, 5) is 24.2. The summed E-state index contributed by atoms with van der Waals surface area (Å²) in [5.74, 6) is -2.85. The molecule has 0 aliphatic carbocycles. The van der Waals surface area contributed by atoms with E-state index in [0.29, 0.717) is 11.3 Å². The molecule has 5 heteroatoms. The minimum Gasteiger partial charge on any atom is -0.426 e. The van der Waals surface area contributed by atoms with Crippen molar-refractivity contribution >= 4 is 11.9 Å². The van der Waals surface area contributed by atoms with Gasteiger partial charge in [-0.3, -0.25) is 9.59 Å². The molecule has 0 bridgehead atoms. The number of amides is 1. The zero-order valence-electron chi connectivity index (χ0n) is 13.5. The Hall–Kier alpha value is -2.69. The third kappa shape index (κ3) is 2.77. The third-order valence-corrected chi connectivity index (χ3v) is 4.37. The molecule has 0 radical (unpaired) electrons. The molecule has 0 saturated carbocycles. The van der Waals surface area contributed by atoms with Crippen molar-refractivity contribution in [2.24, 2.45) is 11.7 Å². The van der Waals surface area contributed by atoms with Crippen molar-refractivity contribution in [2.45, 2.75) is 25.7 Å². The minimum absolute atomic E-state index is 0.272. The fraction of sp³-hybridized carbons (Fsp3) is 0.263. The Morgan fingerprint density at radius 3 is 2.42 bits per heavy atom. The summed E-state index contributed by atoms with van der Waals surface area (Å²) in [7, 11) is 0. The number of esters is 1. The maximum Gasteiger partial charge on any atom is 0.324 e. The van der Waals surface area contributed by atoms with E-state index in [0.717, 1.165) is 11.1 Å². The van der Waals surface area contributed by atoms with Crippen LogP contribution in [0.25, 0.3) is 0 Å². The lowest BCUT2D eigenvalue weighted by atomic mass is 9.77. The summed E-state index contributed by atoms with van der Waals surface area (Å²) >= 11 is 0. The van der Waals surface area contributed by atoms with Gasteiger partial charge in [-0.1, -0.05) is 38.1 Å². The molecule has 4 nitrogen and oxygen atoms in total. The monoisotopic (exact) mass is 327 g/mol. The van der Waals surface area contributed by atoms with Gasteiger partial charge in [-0.05, 0) is 35.2 Å². The van der Waals surface area contributed by atoms with Crippen LogP contribution in [0.5, 0.6) is 5.75 Å². The standard InChI is InChI=1S/C19H18FNO3/c1-10(2)12-5-8-15-14(9-12)16(11-3-6-13(20)7-4-11)17(18(21)22)19(23)24-15/h3-10,16-17H,1-2H3,(H2,21,22). The van der Waals surface area contributed by atoms with E-state index in [-0.39, 0.29) is 11.7 Å². The van der Waals surface area contributed by atoms with Crippen LogP contribution in [-0.2, 0) is 9.59 Å². The van der Waals surface area contributed by atoms with Crippen LogP contribution in [0.15, 0.2) is 42.5 Å². The van der Waals surface area contributed by atoms with Gasteiger partial charge in [0, 0.05) is 11.5 Å². The van der Waals surface area contributed by atoms with Crippen LogP contribution < -0.4 is 10.5 Å². The predicted octanol–water partition coefficient (Wildman–Crippen LogP) is 3.10. The molecule has 0 aromatic heterocycles.